The van der Waals surface area contributed by atoms with Crippen LogP contribution in [-0.2, 0) is 20.7 Å². The van der Waals surface area contributed by atoms with E-state index in [1.54, 1.807) is 4.90 Å². The first-order chi connectivity index (χ1) is 12.5. The lowest BCUT2D eigenvalue weighted by Gasteiger charge is -2.36. The zero-order valence-electron chi connectivity index (χ0n) is 14.7. The van der Waals surface area contributed by atoms with Crippen molar-refractivity contribution in [3.05, 3.63) is 29.3 Å². The van der Waals surface area contributed by atoms with E-state index in [4.69, 9.17) is 9.47 Å². The number of benzene rings is 1. The van der Waals surface area contributed by atoms with E-state index in [0.29, 0.717) is 37.4 Å². The van der Waals surface area contributed by atoms with Crippen LogP contribution in [-0.4, -0.2) is 44.0 Å². The van der Waals surface area contributed by atoms with Crippen molar-refractivity contribution < 1.29 is 23.0 Å². The lowest BCUT2D eigenvalue weighted by Crippen LogP contribution is -2.47. The van der Waals surface area contributed by atoms with Gasteiger partial charge in [0.2, 0.25) is 5.91 Å². The number of carbonyl (C=O) groups excluding carboxylic acids is 1. The molecule has 0 bridgehead atoms. The highest BCUT2D eigenvalue weighted by Crippen LogP contribution is 2.36. The van der Waals surface area contributed by atoms with Gasteiger partial charge in [0.25, 0.3) is 0 Å². The summed E-state index contributed by atoms with van der Waals surface area (Å²) in [6, 6.07) is 2.34. The Hall–Kier alpha value is -1.73. The van der Waals surface area contributed by atoms with Crippen LogP contribution in [0.1, 0.15) is 37.7 Å². The Morgan fingerprint density at radius 1 is 1.23 bits per heavy atom. The van der Waals surface area contributed by atoms with Crippen molar-refractivity contribution in [2.75, 3.05) is 31.2 Å². The Morgan fingerprint density at radius 3 is 2.69 bits per heavy atom. The lowest BCUT2D eigenvalue weighted by atomic mass is 9.90. The molecule has 2 fully saturated rings. The van der Waals surface area contributed by atoms with Crippen LogP contribution in [0.2, 0.25) is 0 Å². The smallest absolute Gasteiger partial charge is 0.239 e. The second-order valence-electron chi connectivity index (χ2n) is 7.37. The minimum absolute atomic E-state index is 0.0863. The summed E-state index contributed by atoms with van der Waals surface area (Å²) in [7, 11) is 0. The molecule has 0 aromatic heterocycles. The second-order valence-corrected chi connectivity index (χ2v) is 7.37. The van der Waals surface area contributed by atoms with Crippen molar-refractivity contribution in [1.29, 1.82) is 0 Å². The molecule has 26 heavy (non-hydrogen) atoms. The van der Waals surface area contributed by atoms with Gasteiger partial charge in [-0.25, -0.2) is 8.78 Å². The average molecular weight is 366 g/mol. The van der Waals surface area contributed by atoms with E-state index < -0.39 is 17.4 Å². The molecule has 1 spiro atoms. The van der Waals surface area contributed by atoms with Crippen molar-refractivity contribution in [2.24, 2.45) is 0 Å². The molecule has 5 nitrogen and oxygen atoms in total. The molecule has 1 N–H and O–H groups in total. The van der Waals surface area contributed by atoms with E-state index in [0.717, 1.165) is 38.2 Å². The number of nitrogens with one attached hydrogen (secondary N) is 1. The molecule has 0 radical (unpaired) electrons. The van der Waals surface area contributed by atoms with Gasteiger partial charge >= 0.3 is 0 Å². The molecule has 1 saturated heterocycles. The number of amides is 1. The lowest BCUT2D eigenvalue weighted by molar-refractivity contribution is -0.180. The number of anilines is 1. The molecule has 1 saturated carbocycles. The summed E-state index contributed by atoms with van der Waals surface area (Å²) in [5, 5.41) is 3.05. The summed E-state index contributed by atoms with van der Waals surface area (Å²) in [6.07, 6.45) is 4.58. The summed E-state index contributed by atoms with van der Waals surface area (Å²) >= 11 is 0. The Bertz CT molecular complexity index is 682. The maximum atomic E-state index is 14.2. The van der Waals surface area contributed by atoms with Crippen LogP contribution in [0.25, 0.3) is 0 Å². The fourth-order valence-corrected chi connectivity index (χ4v) is 4.33. The number of rotatable bonds is 3. The number of hydrogen-bond donors (Lipinski definition) is 1. The molecule has 2 heterocycles. The molecule has 1 amide bonds. The molecule has 1 aromatic carbocycles. The van der Waals surface area contributed by atoms with Gasteiger partial charge in [0, 0.05) is 31.5 Å². The van der Waals surface area contributed by atoms with E-state index >= 15 is 0 Å². The van der Waals surface area contributed by atoms with Gasteiger partial charge in [0.1, 0.15) is 11.6 Å². The van der Waals surface area contributed by atoms with E-state index in [1.165, 1.54) is 6.07 Å². The first-order valence-corrected chi connectivity index (χ1v) is 9.35. The Labute approximate surface area is 151 Å². The minimum Gasteiger partial charge on any atom is -0.360 e. The molecule has 3 aliphatic rings. The number of halogens is 2. The molecule has 4 rings (SSSR count). The molecule has 1 aromatic rings. The van der Waals surface area contributed by atoms with Gasteiger partial charge in [-0.05, 0) is 37.3 Å². The number of ether oxygens (including phenoxy) is 2. The summed E-state index contributed by atoms with van der Waals surface area (Å²) < 4.78 is 39.0. The Morgan fingerprint density at radius 2 is 1.96 bits per heavy atom. The molecule has 0 atom stereocenters. The summed E-state index contributed by atoms with van der Waals surface area (Å²) in [5.41, 5.74) is 1.000. The van der Waals surface area contributed by atoms with Crippen molar-refractivity contribution in [1.82, 2.24) is 5.32 Å². The minimum atomic E-state index is -0.595. The van der Waals surface area contributed by atoms with Gasteiger partial charge in [0.15, 0.2) is 5.79 Å². The van der Waals surface area contributed by atoms with Crippen molar-refractivity contribution in [2.45, 2.75) is 50.4 Å². The van der Waals surface area contributed by atoms with E-state index in [2.05, 4.69) is 5.32 Å². The zero-order valence-corrected chi connectivity index (χ0v) is 14.7. The molecule has 142 valence electrons. The molecular weight excluding hydrogens is 342 g/mol. The molecular formula is C19H24F2N2O3. The predicted octanol–water partition coefficient (Wildman–Crippen LogP) is 2.52. The van der Waals surface area contributed by atoms with Crippen LogP contribution in [0.4, 0.5) is 14.5 Å². The highest BCUT2D eigenvalue weighted by Gasteiger charge is 2.40. The van der Waals surface area contributed by atoms with Crippen LogP contribution in [0.3, 0.4) is 0 Å². The van der Waals surface area contributed by atoms with E-state index in [-0.39, 0.29) is 18.5 Å². The van der Waals surface area contributed by atoms with Gasteiger partial charge in [-0.1, -0.05) is 0 Å². The first-order valence-electron chi connectivity index (χ1n) is 9.35. The summed E-state index contributed by atoms with van der Waals surface area (Å²) in [4.78, 5) is 14.2. The van der Waals surface area contributed by atoms with Crippen LogP contribution < -0.4 is 10.2 Å². The Balaban J connectivity index is 1.35. The van der Waals surface area contributed by atoms with Gasteiger partial charge in [-0.2, -0.15) is 0 Å². The number of hydrogen-bond acceptors (Lipinski definition) is 4. The third-order valence-corrected chi connectivity index (χ3v) is 5.56. The standard InChI is InChI=1S/C19H24F2N2O3/c20-14-10-13-2-1-7-23(18(13)16(21)11-14)12-17(24)22-15-3-5-19(6-4-15)25-8-9-26-19/h10-11,15H,1-9,12H2,(H,22,24). The van der Waals surface area contributed by atoms with Crippen molar-refractivity contribution >= 4 is 11.6 Å². The number of carbonyl (C=O) groups is 1. The summed E-state index contributed by atoms with van der Waals surface area (Å²) in [5.74, 6) is -1.74. The molecule has 1 aliphatic carbocycles. The van der Waals surface area contributed by atoms with Crippen molar-refractivity contribution in [3.8, 4) is 0 Å². The highest BCUT2D eigenvalue weighted by atomic mass is 19.1. The van der Waals surface area contributed by atoms with E-state index in [9.17, 15) is 13.6 Å². The third-order valence-electron chi connectivity index (χ3n) is 5.56. The van der Waals surface area contributed by atoms with Crippen LogP contribution >= 0.6 is 0 Å². The SMILES string of the molecule is O=C(CN1CCCc2cc(F)cc(F)c21)NC1CCC2(CC1)OCCO2. The zero-order chi connectivity index (χ0) is 18.1. The number of aryl methyl sites for hydroxylation is 1. The maximum Gasteiger partial charge on any atom is 0.239 e. The third kappa shape index (κ3) is 3.55. The van der Waals surface area contributed by atoms with E-state index in [1.807, 2.05) is 0 Å². The van der Waals surface area contributed by atoms with Crippen LogP contribution in [0.15, 0.2) is 12.1 Å². The predicted molar refractivity (Wildman–Crippen MR) is 91.9 cm³/mol. The highest BCUT2D eigenvalue weighted by molar-refractivity contribution is 5.82. The maximum absolute atomic E-state index is 14.2. The summed E-state index contributed by atoms with van der Waals surface area (Å²) in [6.45, 7) is 1.96. The number of fused-ring (bicyclic) bond motifs is 1. The largest absolute Gasteiger partial charge is 0.360 e. The van der Waals surface area contributed by atoms with Gasteiger partial charge in [0.05, 0.1) is 25.4 Å². The van der Waals surface area contributed by atoms with Crippen LogP contribution in [0.5, 0.6) is 0 Å². The quantitative estimate of drug-likeness (QED) is 0.893. The first kappa shape index (κ1) is 17.7. The van der Waals surface area contributed by atoms with Gasteiger partial charge in [-0.3, -0.25) is 4.79 Å². The van der Waals surface area contributed by atoms with Gasteiger partial charge < -0.3 is 19.7 Å². The molecule has 0 unspecified atom stereocenters. The Kier molecular flexibility index (Phi) is 4.84. The fourth-order valence-electron chi connectivity index (χ4n) is 4.33. The average Bonchev–Trinajstić information content (AvgIpc) is 3.05. The topological polar surface area (TPSA) is 50.8 Å². The monoisotopic (exact) mass is 366 g/mol. The van der Waals surface area contributed by atoms with Crippen molar-refractivity contribution in [3.63, 3.8) is 0 Å². The number of nitrogens with zero attached hydrogens (tertiary/aromatic N) is 1. The normalized spacial score (nSPS) is 22.5. The fraction of sp³-hybridized carbons (Fsp3) is 0.632. The molecule has 7 heteroatoms. The van der Waals surface area contributed by atoms with Crippen LogP contribution in [0, 0.1) is 11.6 Å². The molecule has 2 aliphatic heterocycles. The van der Waals surface area contributed by atoms with Gasteiger partial charge in [-0.15, -0.1) is 0 Å². The second kappa shape index (κ2) is 7.12.